The van der Waals surface area contributed by atoms with Crippen LogP contribution < -0.4 is 9.47 Å². The Balaban J connectivity index is 2.27. The molecule has 3 nitrogen and oxygen atoms in total. The van der Waals surface area contributed by atoms with Crippen molar-refractivity contribution in [1.29, 1.82) is 0 Å². The Morgan fingerprint density at radius 1 is 1.10 bits per heavy atom. The molecule has 0 fully saturated rings. The van der Waals surface area contributed by atoms with Crippen LogP contribution in [0.2, 0.25) is 0 Å². The highest BCUT2D eigenvalue weighted by Gasteiger charge is 2.11. The second-order valence-corrected chi connectivity index (χ2v) is 4.32. The van der Waals surface area contributed by atoms with Gasteiger partial charge in [0, 0.05) is 0 Å². The number of methoxy groups -OCH3 is 2. The number of allylic oxidation sites excluding steroid dienone is 1. The lowest BCUT2D eigenvalue weighted by Gasteiger charge is -2.07. The first-order valence-electron chi connectivity index (χ1n) is 6.34. The van der Waals surface area contributed by atoms with Crippen molar-refractivity contribution >= 4 is 11.9 Å². The summed E-state index contributed by atoms with van der Waals surface area (Å²) in [5, 5.41) is 0. The van der Waals surface area contributed by atoms with Gasteiger partial charge in [-0.05, 0) is 42.0 Å². The minimum absolute atomic E-state index is 0.241. The SMILES string of the molecule is COc1ccc(OC)c(C(=O)C=Cc2cccc(F)c2)c1. The summed E-state index contributed by atoms with van der Waals surface area (Å²) in [5.74, 6) is 0.446. The summed E-state index contributed by atoms with van der Waals surface area (Å²) < 4.78 is 23.3. The topological polar surface area (TPSA) is 35.5 Å². The van der Waals surface area contributed by atoms with Gasteiger partial charge in [0.2, 0.25) is 0 Å². The molecule has 0 amide bonds. The van der Waals surface area contributed by atoms with Crippen molar-refractivity contribution in [3.8, 4) is 11.5 Å². The van der Waals surface area contributed by atoms with E-state index in [1.54, 1.807) is 36.4 Å². The number of hydrogen-bond donors (Lipinski definition) is 0. The van der Waals surface area contributed by atoms with Crippen molar-refractivity contribution < 1.29 is 18.7 Å². The van der Waals surface area contributed by atoms with Crippen molar-refractivity contribution in [3.63, 3.8) is 0 Å². The summed E-state index contributed by atoms with van der Waals surface area (Å²) in [7, 11) is 3.02. The minimum atomic E-state index is -0.344. The number of carbonyl (C=O) groups excluding carboxylic acids is 1. The fraction of sp³-hybridized carbons (Fsp3) is 0.118. The summed E-state index contributed by atoms with van der Waals surface area (Å²) in [6.45, 7) is 0. The zero-order valence-corrected chi connectivity index (χ0v) is 11.8. The molecule has 0 aliphatic heterocycles. The van der Waals surface area contributed by atoms with Crippen LogP contribution in [0.5, 0.6) is 11.5 Å². The fourth-order valence-electron chi connectivity index (χ4n) is 1.88. The first kappa shape index (κ1) is 14.8. The molecule has 0 aliphatic carbocycles. The Morgan fingerprint density at radius 2 is 1.90 bits per heavy atom. The summed E-state index contributed by atoms with van der Waals surface area (Å²) in [6.07, 6.45) is 2.94. The van der Waals surface area contributed by atoms with E-state index in [9.17, 15) is 9.18 Å². The Labute approximate surface area is 122 Å². The van der Waals surface area contributed by atoms with Gasteiger partial charge < -0.3 is 9.47 Å². The molecule has 0 saturated carbocycles. The van der Waals surface area contributed by atoms with Crippen molar-refractivity contribution in [2.45, 2.75) is 0 Å². The lowest BCUT2D eigenvalue weighted by molar-refractivity contribution is 0.104. The predicted octanol–water partition coefficient (Wildman–Crippen LogP) is 3.74. The van der Waals surface area contributed by atoms with E-state index in [1.165, 1.54) is 32.4 Å². The molecule has 2 aromatic carbocycles. The second kappa shape index (κ2) is 6.70. The van der Waals surface area contributed by atoms with Crippen LogP contribution in [-0.2, 0) is 0 Å². The molecule has 2 rings (SSSR count). The Kier molecular flexibility index (Phi) is 4.72. The second-order valence-electron chi connectivity index (χ2n) is 4.32. The molecular formula is C17H15FO3. The van der Waals surface area contributed by atoms with E-state index >= 15 is 0 Å². The van der Waals surface area contributed by atoms with Crippen LogP contribution >= 0.6 is 0 Å². The maximum atomic E-state index is 13.1. The summed E-state index contributed by atoms with van der Waals surface area (Å²) >= 11 is 0. The molecule has 0 unspecified atom stereocenters. The number of halogens is 1. The van der Waals surface area contributed by atoms with Gasteiger partial charge in [0.1, 0.15) is 17.3 Å². The zero-order chi connectivity index (χ0) is 15.2. The van der Waals surface area contributed by atoms with E-state index in [0.717, 1.165) is 0 Å². The van der Waals surface area contributed by atoms with Gasteiger partial charge in [-0.1, -0.05) is 18.2 Å². The Hall–Kier alpha value is -2.62. The van der Waals surface area contributed by atoms with Gasteiger partial charge in [-0.3, -0.25) is 4.79 Å². The highest BCUT2D eigenvalue weighted by molar-refractivity contribution is 6.08. The number of ketones is 1. The van der Waals surface area contributed by atoms with Gasteiger partial charge >= 0.3 is 0 Å². The van der Waals surface area contributed by atoms with Crippen LogP contribution in [0.15, 0.2) is 48.5 Å². The fourth-order valence-corrected chi connectivity index (χ4v) is 1.88. The maximum Gasteiger partial charge on any atom is 0.189 e. The van der Waals surface area contributed by atoms with Crippen molar-refractivity contribution in [1.82, 2.24) is 0 Å². The van der Waals surface area contributed by atoms with Crippen LogP contribution in [0.3, 0.4) is 0 Å². The van der Waals surface area contributed by atoms with E-state index in [0.29, 0.717) is 22.6 Å². The van der Waals surface area contributed by atoms with E-state index in [2.05, 4.69) is 0 Å². The van der Waals surface area contributed by atoms with Crippen LogP contribution in [0.4, 0.5) is 4.39 Å². The molecule has 0 atom stereocenters. The lowest BCUT2D eigenvalue weighted by atomic mass is 10.1. The average molecular weight is 286 g/mol. The quantitative estimate of drug-likeness (QED) is 0.620. The molecular weight excluding hydrogens is 271 g/mol. The first-order valence-corrected chi connectivity index (χ1v) is 6.34. The monoisotopic (exact) mass is 286 g/mol. The summed E-state index contributed by atoms with van der Waals surface area (Å²) in [5.41, 5.74) is 1.01. The molecule has 4 heteroatoms. The molecule has 108 valence electrons. The van der Waals surface area contributed by atoms with Gasteiger partial charge in [0.15, 0.2) is 5.78 Å². The lowest BCUT2D eigenvalue weighted by Crippen LogP contribution is -1.99. The van der Waals surface area contributed by atoms with Gasteiger partial charge in [-0.25, -0.2) is 4.39 Å². The third-order valence-corrected chi connectivity index (χ3v) is 2.95. The standard InChI is InChI=1S/C17H15FO3/c1-20-14-7-9-17(21-2)15(11-14)16(19)8-6-12-4-3-5-13(18)10-12/h3-11H,1-2H3. The van der Waals surface area contributed by atoms with E-state index in [-0.39, 0.29) is 11.6 Å². The molecule has 0 aromatic heterocycles. The van der Waals surface area contributed by atoms with Crippen molar-refractivity contribution in [2.24, 2.45) is 0 Å². The molecule has 0 aliphatic rings. The van der Waals surface area contributed by atoms with Crippen LogP contribution in [0.25, 0.3) is 6.08 Å². The van der Waals surface area contributed by atoms with E-state index in [4.69, 9.17) is 9.47 Å². The van der Waals surface area contributed by atoms with E-state index in [1.807, 2.05) is 0 Å². The first-order chi connectivity index (χ1) is 10.1. The number of benzene rings is 2. The van der Waals surface area contributed by atoms with Crippen molar-refractivity contribution in [3.05, 3.63) is 65.5 Å². The molecule has 0 radical (unpaired) electrons. The minimum Gasteiger partial charge on any atom is -0.497 e. The van der Waals surface area contributed by atoms with E-state index < -0.39 is 0 Å². The third kappa shape index (κ3) is 3.69. The number of rotatable bonds is 5. The molecule has 21 heavy (non-hydrogen) atoms. The Bertz CT molecular complexity index is 677. The smallest absolute Gasteiger partial charge is 0.189 e. The molecule has 0 bridgehead atoms. The van der Waals surface area contributed by atoms with Crippen molar-refractivity contribution in [2.75, 3.05) is 14.2 Å². The van der Waals surface area contributed by atoms with Gasteiger partial charge in [-0.2, -0.15) is 0 Å². The third-order valence-electron chi connectivity index (χ3n) is 2.95. The molecule has 0 spiro atoms. The Morgan fingerprint density at radius 3 is 2.57 bits per heavy atom. The highest BCUT2D eigenvalue weighted by atomic mass is 19.1. The number of carbonyl (C=O) groups is 1. The molecule has 0 saturated heterocycles. The van der Waals surface area contributed by atoms with Gasteiger partial charge in [-0.15, -0.1) is 0 Å². The number of hydrogen-bond acceptors (Lipinski definition) is 3. The van der Waals surface area contributed by atoms with Gasteiger partial charge in [0.05, 0.1) is 19.8 Å². The average Bonchev–Trinajstić information content (AvgIpc) is 2.52. The predicted molar refractivity (Wildman–Crippen MR) is 79.3 cm³/mol. The maximum absolute atomic E-state index is 13.1. The molecule has 0 heterocycles. The van der Waals surface area contributed by atoms with Gasteiger partial charge in [0.25, 0.3) is 0 Å². The number of ether oxygens (including phenoxy) is 2. The van der Waals surface area contributed by atoms with Crippen LogP contribution in [0.1, 0.15) is 15.9 Å². The molecule has 0 N–H and O–H groups in total. The highest BCUT2D eigenvalue weighted by Crippen LogP contribution is 2.24. The summed E-state index contributed by atoms with van der Waals surface area (Å²) in [6, 6.07) is 11.0. The summed E-state index contributed by atoms with van der Waals surface area (Å²) in [4.78, 5) is 12.2. The normalized spacial score (nSPS) is 10.6. The molecule has 2 aromatic rings. The zero-order valence-electron chi connectivity index (χ0n) is 11.8. The largest absolute Gasteiger partial charge is 0.497 e. The van der Waals surface area contributed by atoms with Crippen LogP contribution in [0, 0.1) is 5.82 Å². The van der Waals surface area contributed by atoms with Crippen LogP contribution in [-0.4, -0.2) is 20.0 Å².